The van der Waals surface area contributed by atoms with Gasteiger partial charge in [0.15, 0.2) is 0 Å². The van der Waals surface area contributed by atoms with Crippen LogP contribution in [0.3, 0.4) is 0 Å². The van der Waals surface area contributed by atoms with Crippen molar-refractivity contribution in [3.63, 3.8) is 0 Å². The molecule has 0 aromatic carbocycles. The standard InChI is InChI=1S/C6H6S2/c1-5-2-3-8-6(5)4-7/h2-4H,1H3. The van der Waals surface area contributed by atoms with Crippen molar-refractivity contribution in [2.45, 2.75) is 6.92 Å². The van der Waals surface area contributed by atoms with Crippen LogP contribution in [0.25, 0.3) is 0 Å². The van der Waals surface area contributed by atoms with E-state index >= 15 is 0 Å². The van der Waals surface area contributed by atoms with E-state index in [0.717, 1.165) is 0 Å². The summed E-state index contributed by atoms with van der Waals surface area (Å²) in [4.78, 5) is 1.21. The molecule has 0 aliphatic carbocycles. The molecule has 2 heteroatoms. The molecular formula is C6H6S2. The fraction of sp³-hybridized carbons (Fsp3) is 0.167. The van der Waals surface area contributed by atoms with Gasteiger partial charge >= 0.3 is 0 Å². The Balaban J connectivity index is 3.09. The summed E-state index contributed by atoms with van der Waals surface area (Å²) in [6.45, 7) is 2.06. The largest absolute Gasteiger partial charge is 0.143 e. The predicted molar refractivity (Wildman–Crippen MR) is 41.8 cm³/mol. The third-order valence-corrected chi connectivity index (χ3v) is 2.36. The molecule has 42 valence electrons. The Labute approximate surface area is 58.2 Å². The Morgan fingerprint density at radius 1 is 1.75 bits per heavy atom. The Kier molecular flexibility index (Phi) is 1.76. The fourth-order valence-electron chi connectivity index (χ4n) is 0.505. The number of aryl methyl sites for hydroxylation is 1. The Morgan fingerprint density at radius 3 is 2.75 bits per heavy atom. The molecule has 0 radical (unpaired) electrons. The molecule has 0 fully saturated rings. The summed E-state index contributed by atoms with van der Waals surface area (Å²) in [6.07, 6.45) is 0. The molecule has 0 nitrogen and oxygen atoms in total. The van der Waals surface area contributed by atoms with Gasteiger partial charge in [-0.05, 0) is 23.9 Å². The van der Waals surface area contributed by atoms with Gasteiger partial charge in [0.05, 0.1) is 0 Å². The van der Waals surface area contributed by atoms with Crippen molar-refractivity contribution >= 4 is 28.9 Å². The maximum atomic E-state index is 4.75. The van der Waals surface area contributed by atoms with Crippen LogP contribution in [0.5, 0.6) is 0 Å². The topological polar surface area (TPSA) is 0 Å². The first-order valence-corrected chi connectivity index (χ1v) is 3.69. The minimum Gasteiger partial charge on any atom is -0.143 e. The second kappa shape index (κ2) is 2.37. The lowest BCUT2D eigenvalue weighted by Gasteiger charge is -1.81. The molecule has 0 bridgehead atoms. The van der Waals surface area contributed by atoms with E-state index in [2.05, 4.69) is 13.0 Å². The van der Waals surface area contributed by atoms with Crippen molar-refractivity contribution in [3.05, 3.63) is 21.9 Å². The molecule has 1 aromatic heterocycles. The van der Waals surface area contributed by atoms with Gasteiger partial charge in [-0.25, -0.2) is 0 Å². The van der Waals surface area contributed by atoms with E-state index in [1.54, 1.807) is 16.7 Å². The van der Waals surface area contributed by atoms with E-state index < -0.39 is 0 Å². The third kappa shape index (κ3) is 0.956. The minimum absolute atomic E-state index is 1.21. The van der Waals surface area contributed by atoms with Gasteiger partial charge in [0.2, 0.25) is 0 Å². The van der Waals surface area contributed by atoms with Gasteiger partial charge in [0, 0.05) is 10.2 Å². The summed E-state index contributed by atoms with van der Waals surface area (Å²) in [5.41, 5.74) is 1.28. The third-order valence-electron chi connectivity index (χ3n) is 1.01. The molecule has 0 N–H and O–H groups in total. The van der Waals surface area contributed by atoms with Crippen LogP contribution in [-0.2, 0) is 0 Å². The van der Waals surface area contributed by atoms with Crippen LogP contribution >= 0.6 is 23.6 Å². The van der Waals surface area contributed by atoms with Gasteiger partial charge in [0.25, 0.3) is 0 Å². The smallest absolute Gasteiger partial charge is 0.0406 e. The van der Waals surface area contributed by atoms with E-state index in [1.165, 1.54) is 10.4 Å². The van der Waals surface area contributed by atoms with E-state index in [-0.39, 0.29) is 0 Å². The highest BCUT2D eigenvalue weighted by atomic mass is 32.1. The fourth-order valence-corrected chi connectivity index (χ4v) is 1.59. The van der Waals surface area contributed by atoms with Crippen molar-refractivity contribution in [3.8, 4) is 0 Å². The first kappa shape index (κ1) is 5.92. The van der Waals surface area contributed by atoms with Crippen LogP contribution in [0.1, 0.15) is 10.4 Å². The van der Waals surface area contributed by atoms with Crippen LogP contribution in [-0.4, -0.2) is 5.37 Å². The van der Waals surface area contributed by atoms with Crippen LogP contribution in [0.15, 0.2) is 11.4 Å². The van der Waals surface area contributed by atoms with Gasteiger partial charge in [-0.2, -0.15) is 0 Å². The molecule has 1 aromatic rings. The van der Waals surface area contributed by atoms with Crippen LogP contribution < -0.4 is 0 Å². The molecule has 0 saturated heterocycles. The Hall–Kier alpha value is -0.210. The van der Waals surface area contributed by atoms with Crippen molar-refractivity contribution in [2.75, 3.05) is 0 Å². The zero-order valence-electron chi connectivity index (χ0n) is 4.55. The highest BCUT2D eigenvalue weighted by molar-refractivity contribution is 7.79. The number of hydrogen-bond acceptors (Lipinski definition) is 2. The Bertz CT molecular complexity index is 188. The normalized spacial score (nSPS) is 9.12. The lowest BCUT2D eigenvalue weighted by Crippen LogP contribution is -1.70. The first-order valence-electron chi connectivity index (χ1n) is 2.34. The summed E-state index contributed by atoms with van der Waals surface area (Å²) in [5, 5.41) is 3.77. The molecule has 0 amide bonds. The molecule has 0 saturated carbocycles. The molecule has 0 aliphatic heterocycles. The summed E-state index contributed by atoms with van der Waals surface area (Å²) in [7, 11) is 0. The SMILES string of the molecule is Cc1ccsc1C=S. The number of thiocarbonyl (C=S) groups is 1. The zero-order chi connectivity index (χ0) is 5.98. The van der Waals surface area contributed by atoms with Gasteiger partial charge in [-0.15, -0.1) is 11.3 Å². The van der Waals surface area contributed by atoms with Crippen molar-refractivity contribution in [1.82, 2.24) is 0 Å². The molecule has 1 heterocycles. The van der Waals surface area contributed by atoms with E-state index in [9.17, 15) is 0 Å². The van der Waals surface area contributed by atoms with Crippen molar-refractivity contribution in [2.24, 2.45) is 0 Å². The molecule has 0 atom stereocenters. The summed E-state index contributed by atoms with van der Waals surface area (Å²) < 4.78 is 0. The van der Waals surface area contributed by atoms with E-state index in [4.69, 9.17) is 12.2 Å². The summed E-state index contributed by atoms with van der Waals surface area (Å²) >= 11 is 6.43. The highest BCUT2D eigenvalue weighted by Crippen LogP contribution is 2.11. The van der Waals surface area contributed by atoms with Crippen molar-refractivity contribution in [1.29, 1.82) is 0 Å². The molecule has 1 rings (SSSR count). The van der Waals surface area contributed by atoms with Crippen LogP contribution in [0, 0.1) is 6.92 Å². The Morgan fingerprint density at radius 2 is 2.50 bits per heavy atom. The van der Waals surface area contributed by atoms with Gasteiger partial charge in [0.1, 0.15) is 0 Å². The number of thiophene rings is 1. The quantitative estimate of drug-likeness (QED) is 0.543. The first-order chi connectivity index (χ1) is 3.84. The minimum atomic E-state index is 1.21. The van der Waals surface area contributed by atoms with Gasteiger partial charge in [-0.3, -0.25) is 0 Å². The predicted octanol–water partition coefficient (Wildman–Crippen LogP) is 2.40. The molecule has 0 aliphatic rings. The van der Waals surface area contributed by atoms with E-state index in [1.807, 2.05) is 5.38 Å². The summed E-state index contributed by atoms with van der Waals surface area (Å²) in [6, 6.07) is 2.07. The molecule has 0 unspecified atom stereocenters. The van der Waals surface area contributed by atoms with Crippen LogP contribution in [0.2, 0.25) is 0 Å². The summed E-state index contributed by atoms with van der Waals surface area (Å²) in [5.74, 6) is 0. The lowest BCUT2D eigenvalue weighted by molar-refractivity contribution is 1.55. The van der Waals surface area contributed by atoms with Crippen LogP contribution in [0.4, 0.5) is 0 Å². The average Bonchev–Trinajstić information content (AvgIpc) is 2.14. The van der Waals surface area contributed by atoms with Gasteiger partial charge in [-0.1, -0.05) is 12.2 Å². The van der Waals surface area contributed by atoms with Gasteiger partial charge < -0.3 is 0 Å². The zero-order valence-corrected chi connectivity index (χ0v) is 6.18. The molecule has 8 heavy (non-hydrogen) atoms. The average molecular weight is 142 g/mol. The number of hydrogen-bond donors (Lipinski definition) is 0. The lowest BCUT2D eigenvalue weighted by atomic mass is 10.3. The monoisotopic (exact) mass is 142 g/mol. The maximum Gasteiger partial charge on any atom is 0.0406 e. The number of rotatable bonds is 1. The molecule has 0 spiro atoms. The highest BCUT2D eigenvalue weighted by Gasteiger charge is 1.91. The van der Waals surface area contributed by atoms with E-state index in [0.29, 0.717) is 0 Å². The van der Waals surface area contributed by atoms with Crippen molar-refractivity contribution < 1.29 is 0 Å². The molecular weight excluding hydrogens is 136 g/mol. The second-order valence-electron chi connectivity index (χ2n) is 1.59. The maximum absolute atomic E-state index is 4.75. The second-order valence-corrected chi connectivity index (χ2v) is 2.77.